The highest BCUT2D eigenvalue weighted by Crippen LogP contribution is 2.30. The molecule has 3 aromatic rings. The van der Waals surface area contributed by atoms with Crippen molar-refractivity contribution in [3.8, 4) is 11.1 Å². The molecule has 1 amide bonds. The van der Waals surface area contributed by atoms with Crippen LogP contribution in [0.2, 0.25) is 10.0 Å². The minimum Gasteiger partial charge on any atom is -0.481 e. The van der Waals surface area contributed by atoms with Gasteiger partial charge < -0.3 is 20.5 Å². The van der Waals surface area contributed by atoms with Crippen molar-refractivity contribution in [1.82, 2.24) is 5.32 Å². The van der Waals surface area contributed by atoms with Crippen LogP contribution in [0.15, 0.2) is 66.7 Å². The lowest BCUT2D eigenvalue weighted by atomic mass is 10.0. The molecular weight excluding hydrogens is 499 g/mol. The first-order chi connectivity index (χ1) is 17.4. The van der Waals surface area contributed by atoms with Gasteiger partial charge in [-0.15, -0.1) is 0 Å². The molecule has 0 aliphatic carbocycles. The maximum Gasteiger partial charge on any atom is 0.305 e. The Morgan fingerprint density at radius 1 is 1.00 bits per heavy atom. The van der Waals surface area contributed by atoms with Crippen LogP contribution in [0, 0.1) is 0 Å². The van der Waals surface area contributed by atoms with Gasteiger partial charge in [0.25, 0.3) is 5.91 Å². The number of hydrogen-bond donors (Lipinski definition) is 3. The third-order valence-electron chi connectivity index (χ3n) is 5.49. The van der Waals surface area contributed by atoms with Gasteiger partial charge in [0.15, 0.2) is 0 Å². The number of carboxylic acids is 1. The summed E-state index contributed by atoms with van der Waals surface area (Å²) in [6.07, 6.45) is 1.57. The number of aliphatic carboxylic acids is 1. The number of benzene rings is 3. The molecule has 3 rings (SSSR count). The molecule has 0 saturated carbocycles. The molecule has 3 aromatic carbocycles. The standard InChI is InChI=1S/C28H30Cl2N2O4/c1-2-15-36-18-24(32-23-10-7-21(8-11-23)28(35)31-14-13-27(33)34)16-19-3-5-20(6-4-19)25-12-9-22(29)17-26(25)30/h3-12,17,24,32H,2,13-16,18H2,1H3,(H,31,35)(H,33,34). The third-order valence-corrected chi connectivity index (χ3v) is 6.04. The molecule has 1 atom stereocenters. The predicted octanol–water partition coefficient (Wildman–Crippen LogP) is 6.31. The van der Waals surface area contributed by atoms with Gasteiger partial charge >= 0.3 is 5.97 Å². The number of carbonyl (C=O) groups is 2. The highest BCUT2D eigenvalue weighted by molar-refractivity contribution is 6.36. The Kier molecular flexibility index (Phi) is 10.6. The van der Waals surface area contributed by atoms with Gasteiger partial charge in [-0.3, -0.25) is 9.59 Å². The van der Waals surface area contributed by atoms with Crippen LogP contribution in [0.3, 0.4) is 0 Å². The van der Waals surface area contributed by atoms with Crippen molar-refractivity contribution in [2.45, 2.75) is 32.2 Å². The second-order valence-electron chi connectivity index (χ2n) is 8.42. The van der Waals surface area contributed by atoms with E-state index in [1.807, 2.05) is 36.4 Å². The first-order valence-electron chi connectivity index (χ1n) is 11.8. The van der Waals surface area contributed by atoms with Crippen molar-refractivity contribution in [2.24, 2.45) is 0 Å². The van der Waals surface area contributed by atoms with Crippen LogP contribution in [0.25, 0.3) is 11.1 Å². The number of amides is 1. The predicted molar refractivity (Wildman–Crippen MR) is 145 cm³/mol. The number of halogens is 2. The molecule has 0 spiro atoms. The fourth-order valence-corrected chi connectivity index (χ4v) is 4.21. The average Bonchev–Trinajstić information content (AvgIpc) is 2.85. The Morgan fingerprint density at radius 2 is 1.72 bits per heavy atom. The van der Waals surface area contributed by atoms with E-state index in [0.29, 0.717) is 28.8 Å². The Bertz CT molecular complexity index is 1150. The average molecular weight is 529 g/mol. The van der Waals surface area contributed by atoms with Crippen LogP contribution in [0.5, 0.6) is 0 Å². The summed E-state index contributed by atoms with van der Waals surface area (Å²) in [7, 11) is 0. The van der Waals surface area contributed by atoms with E-state index in [1.54, 1.807) is 18.2 Å². The SMILES string of the molecule is CCCOCC(Cc1ccc(-c2ccc(Cl)cc2Cl)cc1)Nc1ccc(C(=O)NCCC(=O)O)cc1. The lowest BCUT2D eigenvalue weighted by Gasteiger charge is -2.21. The summed E-state index contributed by atoms with van der Waals surface area (Å²) in [6, 6.07) is 20.9. The van der Waals surface area contributed by atoms with Crippen molar-refractivity contribution in [1.29, 1.82) is 0 Å². The largest absolute Gasteiger partial charge is 0.481 e. The topological polar surface area (TPSA) is 87.7 Å². The van der Waals surface area contributed by atoms with E-state index in [0.717, 1.165) is 35.2 Å². The minimum atomic E-state index is -0.949. The van der Waals surface area contributed by atoms with Gasteiger partial charge in [-0.05, 0) is 60.4 Å². The van der Waals surface area contributed by atoms with E-state index >= 15 is 0 Å². The van der Waals surface area contributed by atoms with Crippen LogP contribution in [0.4, 0.5) is 5.69 Å². The Labute approximate surface area is 221 Å². The van der Waals surface area contributed by atoms with Crippen LogP contribution in [0.1, 0.15) is 35.7 Å². The zero-order valence-electron chi connectivity index (χ0n) is 20.1. The summed E-state index contributed by atoms with van der Waals surface area (Å²) in [5, 5.41) is 16.0. The highest BCUT2D eigenvalue weighted by Gasteiger charge is 2.13. The van der Waals surface area contributed by atoms with Crippen molar-refractivity contribution in [2.75, 3.05) is 25.1 Å². The first kappa shape index (κ1) is 27.5. The molecular formula is C28H30Cl2N2O4. The number of ether oxygens (including phenoxy) is 1. The van der Waals surface area contributed by atoms with Gasteiger partial charge in [-0.1, -0.05) is 60.5 Å². The lowest BCUT2D eigenvalue weighted by Crippen LogP contribution is -2.28. The lowest BCUT2D eigenvalue weighted by molar-refractivity contribution is -0.136. The van der Waals surface area contributed by atoms with Gasteiger partial charge in [0.2, 0.25) is 0 Å². The van der Waals surface area contributed by atoms with Crippen molar-refractivity contribution < 1.29 is 19.4 Å². The summed E-state index contributed by atoms with van der Waals surface area (Å²) in [5.41, 5.74) is 4.44. The number of hydrogen-bond acceptors (Lipinski definition) is 4. The van der Waals surface area contributed by atoms with E-state index in [2.05, 4.69) is 29.7 Å². The second-order valence-corrected chi connectivity index (χ2v) is 9.26. The van der Waals surface area contributed by atoms with Crippen LogP contribution >= 0.6 is 23.2 Å². The zero-order chi connectivity index (χ0) is 25.9. The molecule has 0 heterocycles. The van der Waals surface area contributed by atoms with E-state index in [4.69, 9.17) is 33.0 Å². The van der Waals surface area contributed by atoms with E-state index in [1.165, 1.54) is 0 Å². The maximum atomic E-state index is 12.2. The van der Waals surface area contributed by atoms with Crippen molar-refractivity contribution in [3.05, 3.63) is 87.9 Å². The number of carbonyl (C=O) groups excluding carboxylic acids is 1. The Hall–Kier alpha value is -3.06. The molecule has 0 aromatic heterocycles. The highest BCUT2D eigenvalue weighted by atomic mass is 35.5. The molecule has 3 N–H and O–H groups in total. The molecule has 0 saturated heterocycles. The summed E-state index contributed by atoms with van der Waals surface area (Å²) < 4.78 is 5.83. The van der Waals surface area contributed by atoms with E-state index < -0.39 is 5.97 Å². The number of anilines is 1. The molecule has 36 heavy (non-hydrogen) atoms. The van der Waals surface area contributed by atoms with Crippen molar-refractivity contribution in [3.63, 3.8) is 0 Å². The number of rotatable bonds is 13. The molecule has 0 aliphatic rings. The Balaban J connectivity index is 1.65. The molecule has 0 aliphatic heterocycles. The van der Waals surface area contributed by atoms with Crippen molar-refractivity contribution >= 4 is 40.8 Å². The Morgan fingerprint density at radius 3 is 2.36 bits per heavy atom. The van der Waals surface area contributed by atoms with Crippen LogP contribution in [-0.2, 0) is 16.0 Å². The summed E-state index contributed by atoms with van der Waals surface area (Å²) >= 11 is 12.4. The van der Waals surface area contributed by atoms with Gasteiger partial charge in [0.05, 0.1) is 19.1 Å². The van der Waals surface area contributed by atoms with E-state index in [-0.39, 0.29) is 24.9 Å². The number of nitrogens with one attached hydrogen (secondary N) is 2. The summed E-state index contributed by atoms with van der Waals surface area (Å²) in [4.78, 5) is 22.8. The van der Waals surface area contributed by atoms with Crippen LogP contribution in [-0.4, -0.2) is 42.8 Å². The maximum absolute atomic E-state index is 12.2. The molecule has 0 fully saturated rings. The molecule has 0 radical (unpaired) electrons. The van der Waals surface area contributed by atoms with Crippen LogP contribution < -0.4 is 10.6 Å². The quantitative estimate of drug-likeness (QED) is 0.226. The summed E-state index contributed by atoms with van der Waals surface area (Å²) in [5.74, 6) is -1.25. The second kappa shape index (κ2) is 13.9. The van der Waals surface area contributed by atoms with E-state index in [9.17, 15) is 9.59 Å². The number of carboxylic acid groups (broad SMARTS) is 1. The third kappa shape index (κ3) is 8.55. The molecule has 190 valence electrons. The molecule has 8 heteroatoms. The zero-order valence-corrected chi connectivity index (χ0v) is 21.6. The summed E-state index contributed by atoms with van der Waals surface area (Å²) in [6.45, 7) is 3.38. The molecule has 6 nitrogen and oxygen atoms in total. The van der Waals surface area contributed by atoms with Gasteiger partial charge in [-0.2, -0.15) is 0 Å². The molecule has 1 unspecified atom stereocenters. The van der Waals surface area contributed by atoms with Gasteiger partial charge in [-0.25, -0.2) is 0 Å². The minimum absolute atomic E-state index is 0.0248. The van der Waals surface area contributed by atoms with Gasteiger partial charge in [0, 0.05) is 40.0 Å². The normalized spacial score (nSPS) is 11.6. The molecule has 0 bridgehead atoms. The first-order valence-corrected chi connectivity index (χ1v) is 12.6. The smallest absolute Gasteiger partial charge is 0.305 e. The fraction of sp³-hybridized carbons (Fsp3) is 0.286. The van der Waals surface area contributed by atoms with Gasteiger partial charge in [0.1, 0.15) is 0 Å². The monoisotopic (exact) mass is 528 g/mol. The fourth-order valence-electron chi connectivity index (χ4n) is 3.69.